The fourth-order valence-corrected chi connectivity index (χ4v) is 2.28. The van der Waals surface area contributed by atoms with Gasteiger partial charge in [-0.25, -0.2) is 4.98 Å². The van der Waals surface area contributed by atoms with Gasteiger partial charge in [0.2, 0.25) is 0 Å². The van der Waals surface area contributed by atoms with E-state index in [1.807, 2.05) is 32.2 Å². The second-order valence-corrected chi connectivity index (χ2v) is 5.54. The molecule has 0 fully saturated rings. The van der Waals surface area contributed by atoms with Crippen molar-refractivity contribution in [2.24, 2.45) is 0 Å². The highest BCUT2D eigenvalue weighted by Gasteiger charge is 2.10. The normalized spacial score (nSPS) is 10.9. The molecule has 0 bridgehead atoms. The quantitative estimate of drug-likeness (QED) is 0.791. The molecule has 21 heavy (non-hydrogen) atoms. The van der Waals surface area contributed by atoms with Crippen molar-refractivity contribution < 1.29 is 4.42 Å². The minimum Gasteiger partial charge on any atom is -0.469 e. The zero-order chi connectivity index (χ0) is 15.2. The van der Waals surface area contributed by atoms with E-state index in [4.69, 9.17) is 16.0 Å². The lowest BCUT2D eigenvalue weighted by Crippen LogP contribution is -2.20. The Kier molecular flexibility index (Phi) is 5.65. The number of hydrogen-bond donors (Lipinski definition) is 1. The number of aryl methyl sites for hydroxylation is 1. The number of nitrogens with one attached hydrogen (secondary N) is 1. The summed E-state index contributed by atoms with van der Waals surface area (Å²) >= 11 is 6.21. The summed E-state index contributed by atoms with van der Waals surface area (Å²) in [5.74, 6) is 1.86. The second kappa shape index (κ2) is 7.48. The van der Waals surface area contributed by atoms with Gasteiger partial charge in [-0.15, -0.1) is 0 Å². The van der Waals surface area contributed by atoms with Crippen molar-refractivity contribution in [3.05, 3.63) is 46.5 Å². The van der Waals surface area contributed by atoms with Crippen molar-refractivity contribution >= 4 is 17.4 Å². The highest BCUT2D eigenvalue weighted by atomic mass is 35.5. The van der Waals surface area contributed by atoms with Crippen molar-refractivity contribution in [3.8, 4) is 0 Å². The van der Waals surface area contributed by atoms with Gasteiger partial charge in [0, 0.05) is 25.7 Å². The van der Waals surface area contributed by atoms with Crippen LogP contribution < -0.4 is 10.2 Å². The molecule has 0 amide bonds. The van der Waals surface area contributed by atoms with E-state index in [0.29, 0.717) is 11.6 Å². The van der Waals surface area contributed by atoms with Crippen molar-refractivity contribution in [1.82, 2.24) is 10.3 Å². The zero-order valence-electron chi connectivity index (χ0n) is 12.8. The monoisotopic (exact) mass is 307 g/mol. The van der Waals surface area contributed by atoms with Crippen LogP contribution in [0, 0.1) is 6.92 Å². The average Bonchev–Trinajstić information content (AvgIpc) is 2.86. The van der Waals surface area contributed by atoms with E-state index in [0.717, 1.165) is 36.8 Å². The summed E-state index contributed by atoms with van der Waals surface area (Å²) in [5.41, 5.74) is 2.05. The molecule has 2 heterocycles. The fourth-order valence-electron chi connectivity index (χ4n) is 2.10. The molecule has 0 aliphatic carbocycles. The molecule has 2 aromatic rings. The van der Waals surface area contributed by atoms with E-state index in [9.17, 15) is 0 Å². The summed E-state index contributed by atoms with van der Waals surface area (Å²) in [6.07, 6.45) is 2.81. The minimum atomic E-state index is 0.694. The molecule has 0 aliphatic heterocycles. The molecule has 114 valence electrons. The first kappa shape index (κ1) is 15.9. The van der Waals surface area contributed by atoms with Crippen molar-refractivity contribution in [2.75, 3.05) is 18.5 Å². The molecule has 5 heteroatoms. The van der Waals surface area contributed by atoms with Crippen LogP contribution in [0.3, 0.4) is 0 Å². The van der Waals surface area contributed by atoms with Gasteiger partial charge in [0.05, 0.1) is 17.0 Å². The molecule has 0 unspecified atom stereocenters. The Hall–Kier alpha value is -1.52. The second-order valence-electron chi connectivity index (χ2n) is 5.13. The van der Waals surface area contributed by atoms with E-state index < -0.39 is 0 Å². The number of hydrogen-bond acceptors (Lipinski definition) is 4. The van der Waals surface area contributed by atoms with Crippen molar-refractivity contribution in [2.45, 2.75) is 33.4 Å². The van der Waals surface area contributed by atoms with Crippen LogP contribution in [0.1, 0.15) is 30.4 Å². The predicted octanol–water partition coefficient (Wildman–Crippen LogP) is 3.77. The Labute approximate surface area is 131 Å². The number of halogens is 1. The molecule has 2 rings (SSSR count). The van der Waals surface area contributed by atoms with Gasteiger partial charge in [-0.05, 0) is 38.1 Å². The van der Waals surface area contributed by atoms with Gasteiger partial charge in [-0.2, -0.15) is 0 Å². The molecule has 1 N–H and O–H groups in total. The Morgan fingerprint density at radius 2 is 2.14 bits per heavy atom. The highest BCUT2D eigenvalue weighted by Crippen LogP contribution is 2.21. The average molecular weight is 308 g/mol. The van der Waals surface area contributed by atoms with Gasteiger partial charge >= 0.3 is 0 Å². The van der Waals surface area contributed by atoms with E-state index >= 15 is 0 Å². The summed E-state index contributed by atoms with van der Waals surface area (Å²) in [6.45, 7) is 6.53. The molecule has 2 aromatic heterocycles. The lowest BCUT2D eigenvalue weighted by Gasteiger charge is -2.19. The first-order valence-corrected chi connectivity index (χ1v) is 7.60. The van der Waals surface area contributed by atoms with Crippen molar-refractivity contribution in [3.63, 3.8) is 0 Å². The van der Waals surface area contributed by atoms with Gasteiger partial charge < -0.3 is 14.6 Å². The molecule has 0 spiro atoms. The maximum absolute atomic E-state index is 6.21. The van der Waals surface area contributed by atoms with Crippen LogP contribution in [0.5, 0.6) is 0 Å². The van der Waals surface area contributed by atoms with Gasteiger partial charge in [-0.1, -0.05) is 18.5 Å². The first-order valence-electron chi connectivity index (χ1n) is 7.22. The molecular formula is C16H22ClN3O. The smallest absolute Gasteiger partial charge is 0.129 e. The lowest BCUT2D eigenvalue weighted by molar-refractivity contribution is 0.529. The number of rotatable bonds is 7. The van der Waals surface area contributed by atoms with E-state index in [2.05, 4.69) is 22.1 Å². The van der Waals surface area contributed by atoms with E-state index in [1.54, 1.807) is 6.26 Å². The Morgan fingerprint density at radius 1 is 1.33 bits per heavy atom. The summed E-state index contributed by atoms with van der Waals surface area (Å²) in [4.78, 5) is 6.75. The molecular weight excluding hydrogens is 286 g/mol. The maximum atomic E-state index is 6.21. The van der Waals surface area contributed by atoms with Crippen LogP contribution in [-0.4, -0.2) is 18.6 Å². The predicted molar refractivity (Wildman–Crippen MR) is 86.8 cm³/mol. The van der Waals surface area contributed by atoms with Crippen molar-refractivity contribution in [1.29, 1.82) is 0 Å². The maximum Gasteiger partial charge on any atom is 0.129 e. The third-order valence-corrected chi connectivity index (χ3v) is 3.73. The fraction of sp³-hybridized carbons (Fsp3) is 0.438. The molecule has 4 nitrogen and oxygen atoms in total. The highest BCUT2D eigenvalue weighted by molar-refractivity contribution is 6.31. The summed E-state index contributed by atoms with van der Waals surface area (Å²) in [7, 11) is 2.02. The molecule has 0 saturated heterocycles. The standard InChI is InChI=1S/C16H22ClN3O/c1-4-8-18-10-15-14(17)5-6-16(19-15)20(3)11-13-7-9-21-12(13)2/h5-7,9,18H,4,8,10-11H2,1-3H3. The Morgan fingerprint density at radius 3 is 2.81 bits per heavy atom. The molecule has 0 aliphatic rings. The summed E-state index contributed by atoms with van der Waals surface area (Å²) in [6, 6.07) is 5.85. The number of nitrogens with zero attached hydrogens (tertiary/aromatic N) is 2. The van der Waals surface area contributed by atoms with E-state index in [-0.39, 0.29) is 0 Å². The molecule has 0 atom stereocenters. The third kappa shape index (κ3) is 4.22. The van der Waals surface area contributed by atoms with Crippen LogP contribution in [0.2, 0.25) is 5.02 Å². The van der Waals surface area contributed by atoms with Gasteiger partial charge in [0.15, 0.2) is 0 Å². The summed E-state index contributed by atoms with van der Waals surface area (Å²) < 4.78 is 5.33. The lowest BCUT2D eigenvalue weighted by atomic mass is 10.2. The first-order chi connectivity index (χ1) is 10.1. The number of furan rings is 1. The van der Waals surface area contributed by atoms with Gasteiger partial charge in [-0.3, -0.25) is 0 Å². The van der Waals surface area contributed by atoms with Gasteiger partial charge in [0.1, 0.15) is 11.6 Å². The Balaban J connectivity index is 2.08. The van der Waals surface area contributed by atoms with Crippen LogP contribution in [0.25, 0.3) is 0 Å². The largest absolute Gasteiger partial charge is 0.469 e. The topological polar surface area (TPSA) is 41.3 Å². The third-order valence-electron chi connectivity index (χ3n) is 3.39. The number of aromatic nitrogens is 1. The van der Waals surface area contributed by atoms with Crippen LogP contribution in [0.15, 0.2) is 28.9 Å². The minimum absolute atomic E-state index is 0.694. The SMILES string of the molecule is CCCNCc1nc(N(C)Cc2ccoc2C)ccc1Cl. The van der Waals surface area contributed by atoms with Crippen LogP contribution >= 0.6 is 11.6 Å². The van der Waals surface area contributed by atoms with E-state index in [1.165, 1.54) is 5.56 Å². The Bertz CT molecular complexity index is 583. The summed E-state index contributed by atoms with van der Waals surface area (Å²) in [5, 5.41) is 4.04. The molecule has 0 aromatic carbocycles. The molecule has 0 saturated carbocycles. The van der Waals surface area contributed by atoms with Crippen LogP contribution in [-0.2, 0) is 13.1 Å². The zero-order valence-corrected chi connectivity index (χ0v) is 13.6. The number of anilines is 1. The van der Waals surface area contributed by atoms with Gasteiger partial charge in [0.25, 0.3) is 0 Å². The van der Waals surface area contributed by atoms with Crippen LogP contribution in [0.4, 0.5) is 5.82 Å². The number of pyridine rings is 1. The molecule has 0 radical (unpaired) electrons.